The van der Waals surface area contributed by atoms with E-state index in [4.69, 9.17) is 16.3 Å². The molecule has 0 saturated carbocycles. The van der Waals surface area contributed by atoms with Gasteiger partial charge < -0.3 is 10.1 Å². The molecule has 0 aliphatic rings. The van der Waals surface area contributed by atoms with Crippen LogP contribution in [0, 0.1) is 0 Å². The SMILES string of the molecule is ClCCNc1ccc(Oc2ccccc2)cc1. The van der Waals surface area contributed by atoms with Gasteiger partial charge in [0, 0.05) is 18.1 Å². The van der Waals surface area contributed by atoms with Gasteiger partial charge in [-0.1, -0.05) is 18.2 Å². The van der Waals surface area contributed by atoms with Crippen molar-refractivity contribution in [2.75, 3.05) is 17.7 Å². The third-order valence-corrected chi connectivity index (χ3v) is 2.45. The minimum absolute atomic E-state index is 0.599. The molecular weight excluding hydrogens is 234 g/mol. The summed E-state index contributed by atoms with van der Waals surface area (Å²) in [7, 11) is 0. The Morgan fingerprint density at radius 3 is 2.18 bits per heavy atom. The highest BCUT2D eigenvalue weighted by molar-refractivity contribution is 6.18. The fourth-order valence-corrected chi connectivity index (χ4v) is 1.55. The Kier molecular flexibility index (Phi) is 4.28. The molecule has 88 valence electrons. The van der Waals surface area contributed by atoms with Gasteiger partial charge in [-0.3, -0.25) is 0 Å². The Balaban J connectivity index is 1.98. The van der Waals surface area contributed by atoms with E-state index in [-0.39, 0.29) is 0 Å². The molecule has 0 bridgehead atoms. The number of hydrogen-bond acceptors (Lipinski definition) is 2. The zero-order chi connectivity index (χ0) is 11.9. The molecule has 0 aliphatic carbocycles. The van der Waals surface area contributed by atoms with Crippen LogP contribution in [-0.4, -0.2) is 12.4 Å². The fourth-order valence-electron chi connectivity index (χ4n) is 1.46. The molecular formula is C14H14ClNO. The number of alkyl halides is 1. The van der Waals surface area contributed by atoms with Gasteiger partial charge in [0.2, 0.25) is 0 Å². The van der Waals surface area contributed by atoms with Crippen LogP contribution in [0.15, 0.2) is 54.6 Å². The number of hydrogen-bond donors (Lipinski definition) is 1. The third-order valence-electron chi connectivity index (χ3n) is 2.26. The Bertz CT molecular complexity index is 442. The summed E-state index contributed by atoms with van der Waals surface area (Å²) in [5, 5.41) is 3.20. The number of halogens is 1. The highest BCUT2D eigenvalue weighted by Gasteiger charge is 1.96. The minimum atomic E-state index is 0.599. The Hall–Kier alpha value is -1.67. The van der Waals surface area contributed by atoms with Gasteiger partial charge in [-0.15, -0.1) is 11.6 Å². The molecule has 2 rings (SSSR count). The molecule has 0 spiro atoms. The molecule has 0 unspecified atom stereocenters. The number of anilines is 1. The molecule has 2 nitrogen and oxygen atoms in total. The lowest BCUT2D eigenvalue weighted by atomic mass is 10.3. The fraction of sp³-hybridized carbons (Fsp3) is 0.143. The van der Waals surface area contributed by atoms with Crippen LogP contribution in [0.3, 0.4) is 0 Å². The van der Waals surface area contributed by atoms with Crippen molar-refractivity contribution in [3.05, 3.63) is 54.6 Å². The van der Waals surface area contributed by atoms with Gasteiger partial charge in [-0.25, -0.2) is 0 Å². The van der Waals surface area contributed by atoms with Crippen LogP contribution in [0.4, 0.5) is 5.69 Å². The summed E-state index contributed by atoms with van der Waals surface area (Å²) >= 11 is 5.60. The number of benzene rings is 2. The largest absolute Gasteiger partial charge is 0.457 e. The van der Waals surface area contributed by atoms with Crippen LogP contribution in [-0.2, 0) is 0 Å². The van der Waals surface area contributed by atoms with Crippen LogP contribution >= 0.6 is 11.6 Å². The topological polar surface area (TPSA) is 21.3 Å². The highest BCUT2D eigenvalue weighted by Crippen LogP contribution is 2.22. The first-order valence-corrected chi connectivity index (χ1v) is 6.05. The maximum atomic E-state index is 5.68. The first kappa shape index (κ1) is 11.8. The van der Waals surface area contributed by atoms with E-state index < -0.39 is 0 Å². The van der Waals surface area contributed by atoms with Crippen LogP contribution < -0.4 is 10.1 Å². The maximum absolute atomic E-state index is 5.68. The third kappa shape index (κ3) is 3.68. The Labute approximate surface area is 106 Å². The van der Waals surface area contributed by atoms with E-state index in [2.05, 4.69) is 5.32 Å². The highest BCUT2D eigenvalue weighted by atomic mass is 35.5. The van der Waals surface area contributed by atoms with Crippen molar-refractivity contribution in [2.24, 2.45) is 0 Å². The molecule has 0 heterocycles. The predicted octanol–water partition coefficient (Wildman–Crippen LogP) is 4.13. The van der Waals surface area contributed by atoms with Crippen molar-refractivity contribution < 1.29 is 4.74 Å². The monoisotopic (exact) mass is 247 g/mol. The molecule has 0 fully saturated rings. The zero-order valence-electron chi connectivity index (χ0n) is 9.40. The van der Waals surface area contributed by atoms with Crippen LogP contribution in [0.5, 0.6) is 11.5 Å². The first-order valence-electron chi connectivity index (χ1n) is 5.51. The van der Waals surface area contributed by atoms with E-state index in [0.717, 1.165) is 23.7 Å². The van der Waals surface area contributed by atoms with E-state index in [1.807, 2.05) is 54.6 Å². The summed E-state index contributed by atoms with van der Waals surface area (Å²) in [6, 6.07) is 17.5. The smallest absolute Gasteiger partial charge is 0.127 e. The normalized spacial score (nSPS) is 9.94. The molecule has 2 aromatic rings. The van der Waals surface area contributed by atoms with Crippen molar-refractivity contribution in [1.29, 1.82) is 0 Å². The second kappa shape index (κ2) is 6.16. The Morgan fingerprint density at radius 1 is 0.882 bits per heavy atom. The lowest BCUT2D eigenvalue weighted by Crippen LogP contribution is -2.01. The zero-order valence-corrected chi connectivity index (χ0v) is 10.2. The summed E-state index contributed by atoms with van der Waals surface area (Å²) in [4.78, 5) is 0. The van der Waals surface area contributed by atoms with Crippen LogP contribution in [0.25, 0.3) is 0 Å². The van der Waals surface area contributed by atoms with Gasteiger partial charge in [0.15, 0.2) is 0 Å². The number of para-hydroxylation sites is 1. The van der Waals surface area contributed by atoms with E-state index in [0.29, 0.717) is 5.88 Å². The van der Waals surface area contributed by atoms with Gasteiger partial charge in [0.05, 0.1) is 0 Å². The average Bonchev–Trinajstić information content (AvgIpc) is 2.39. The molecule has 0 atom stereocenters. The summed E-state index contributed by atoms with van der Waals surface area (Å²) < 4.78 is 5.68. The van der Waals surface area contributed by atoms with Crippen molar-refractivity contribution in [3.8, 4) is 11.5 Å². The summed E-state index contributed by atoms with van der Waals surface area (Å²) in [6.07, 6.45) is 0. The molecule has 3 heteroatoms. The van der Waals surface area contributed by atoms with Crippen molar-refractivity contribution >= 4 is 17.3 Å². The summed E-state index contributed by atoms with van der Waals surface area (Å²) in [6.45, 7) is 0.764. The predicted molar refractivity (Wildman–Crippen MR) is 72.2 cm³/mol. The van der Waals surface area contributed by atoms with E-state index in [9.17, 15) is 0 Å². The first-order chi connectivity index (χ1) is 8.38. The average molecular weight is 248 g/mol. The Morgan fingerprint density at radius 2 is 1.53 bits per heavy atom. The van der Waals surface area contributed by atoms with Gasteiger partial charge in [-0.2, -0.15) is 0 Å². The maximum Gasteiger partial charge on any atom is 0.127 e. The molecule has 1 N–H and O–H groups in total. The van der Waals surface area contributed by atoms with E-state index in [1.165, 1.54) is 0 Å². The molecule has 0 aliphatic heterocycles. The minimum Gasteiger partial charge on any atom is -0.457 e. The van der Waals surface area contributed by atoms with Crippen molar-refractivity contribution in [3.63, 3.8) is 0 Å². The molecule has 17 heavy (non-hydrogen) atoms. The lowest BCUT2D eigenvalue weighted by Gasteiger charge is -2.07. The molecule has 0 saturated heterocycles. The van der Waals surface area contributed by atoms with Gasteiger partial charge in [0.25, 0.3) is 0 Å². The second-order valence-corrected chi connectivity index (χ2v) is 3.93. The van der Waals surface area contributed by atoms with Gasteiger partial charge in [0.1, 0.15) is 11.5 Å². The van der Waals surface area contributed by atoms with Gasteiger partial charge >= 0.3 is 0 Å². The number of rotatable bonds is 5. The molecule has 2 aromatic carbocycles. The van der Waals surface area contributed by atoms with E-state index >= 15 is 0 Å². The quantitative estimate of drug-likeness (QED) is 0.803. The molecule has 0 aromatic heterocycles. The molecule has 0 amide bonds. The standard InChI is InChI=1S/C14H14ClNO/c15-10-11-16-12-6-8-14(9-7-12)17-13-4-2-1-3-5-13/h1-9,16H,10-11H2. The van der Waals surface area contributed by atoms with Crippen LogP contribution in [0.2, 0.25) is 0 Å². The molecule has 0 radical (unpaired) electrons. The lowest BCUT2D eigenvalue weighted by molar-refractivity contribution is 0.483. The van der Waals surface area contributed by atoms with Crippen molar-refractivity contribution in [2.45, 2.75) is 0 Å². The summed E-state index contributed by atoms with van der Waals surface area (Å²) in [5.74, 6) is 2.27. The number of nitrogens with one attached hydrogen (secondary N) is 1. The summed E-state index contributed by atoms with van der Waals surface area (Å²) in [5.41, 5.74) is 1.05. The van der Waals surface area contributed by atoms with Crippen molar-refractivity contribution in [1.82, 2.24) is 0 Å². The second-order valence-electron chi connectivity index (χ2n) is 3.56. The van der Waals surface area contributed by atoms with Crippen LogP contribution in [0.1, 0.15) is 0 Å². The van der Waals surface area contributed by atoms with E-state index in [1.54, 1.807) is 0 Å². The number of ether oxygens (including phenoxy) is 1. The van der Waals surface area contributed by atoms with Gasteiger partial charge in [-0.05, 0) is 36.4 Å².